The van der Waals surface area contributed by atoms with E-state index in [9.17, 15) is 0 Å². The molecule has 0 radical (unpaired) electrons. The van der Waals surface area contributed by atoms with Gasteiger partial charge in [-0.1, -0.05) is 50.2 Å². The number of hydrogen-bond donors (Lipinski definition) is 1. The number of para-hydroxylation sites is 1. The molecule has 2 aromatic carbocycles. The van der Waals surface area contributed by atoms with Gasteiger partial charge in [-0.05, 0) is 54.5 Å². The van der Waals surface area contributed by atoms with Crippen molar-refractivity contribution in [1.82, 2.24) is 0 Å². The molecular formula is C19H25N. The molecule has 0 saturated carbocycles. The number of rotatable bonds is 5. The van der Waals surface area contributed by atoms with Crippen LogP contribution in [0.25, 0.3) is 0 Å². The molecule has 0 bridgehead atoms. The third kappa shape index (κ3) is 3.22. The lowest BCUT2D eigenvalue weighted by atomic mass is 10.0. The number of hydrogen-bond acceptors (Lipinski definition) is 1. The van der Waals surface area contributed by atoms with Crippen molar-refractivity contribution in [2.24, 2.45) is 0 Å². The summed E-state index contributed by atoms with van der Waals surface area (Å²) in [6.07, 6.45) is 2.15. The Balaban J connectivity index is 2.19. The van der Waals surface area contributed by atoms with Gasteiger partial charge < -0.3 is 5.32 Å². The Morgan fingerprint density at radius 2 is 1.50 bits per heavy atom. The van der Waals surface area contributed by atoms with Crippen LogP contribution < -0.4 is 5.32 Å². The molecule has 0 atom stereocenters. The van der Waals surface area contributed by atoms with Gasteiger partial charge in [0.25, 0.3) is 0 Å². The topological polar surface area (TPSA) is 12.0 Å². The van der Waals surface area contributed by atoms with Gasteiger partial charge in [0.1, 0.15) is 0 Å². The maximum atomic E-state index is 3.65. The highest BCUT2D eigenvalue weighted by Crippen LogP contribution is 2.23. The second-order valence-electron chi connectivity index (χ2n) is 5.43. The molecule has 0 unspecified atom stereocenters. The van der Waals surface area contributed by atoms with E-state index in [-0.39, 0.29) is 0 Å². The second-order valence-corrected chi connectivity index (χ2v) is 5.43. The summed E-state index contributed by atoms with van der Waals surface area (Å²) in [5.41, 5.74) is 8.22. The molecule has 0 aliphatic rings. The average Bonchev–Trinajstić information content (AvgIpc) is 2.48. The molecule has 0 saturated heterocycles. The summed E-state index contributed by atoms with van der Waals surface area (Å²) < 4.78 is 0. The lowest BCUT2D eigenvalue weighted by Gasteiger charge is -2.16. The average molecular weight is 267 g/mol. The number of nitrogens with one attached hydrogen (secondary N) is 1. The molecule has 1 N–H and O–H groups in total. The van der Waals surface area contributed by atoms with Crippen LogP contribution >= 0.6 is 0 Å². The van der Waals surface area contributed by atoms with Crippen LogP contribution in [0.3, 0.4) is 0 Å². The highest BCUT2D eigenvalue weighted by Gasteiger charge is 2.06. The van der Waals surface area contributed by atoms with E-state index in [0.717, 1.165) is 19.4 Å². The minimum Gasteiger partial charge on any atom is -0.381 e. The molecule has 0 aliphatic heterocycles. The number of aryl methyl sites for hydroxylation is 4. The van der Waals surface area contributed by atoms with Gasteiger partial charge in [0.05, 0.1) is 0 Å². The molecule has 0 aliphatic carbocycles. The van der Waals surface area contributed by atoms with E-state index in [1.165, 1.54) is 33.5 Å². The Morgan fingerprint density at radius 3 is 2.05 bits per heavy atom. The molecule has 1 heteroatoms. The van der Waals surface area contributed by atoms with Crippen molar-refractivity contribution in [1.29, 1.82) is 0 Å². The molecule has 0 amide bonds. The van der Waals surface area contributed by atoms with Crippen LogP contribution in [0.15, 0.2) is 36.4 Å². The zero-order valence-corrected chi connectivity index (χ0v) is 13.1. The molecule has 1 nitrogen and oxygen atoms in total. The van der Waals surface area contributed by atoms with Crippen LogP contribution in [0.1, 0.15) is 41.7 Å². The SMILES string of the molecule is CCc1cccc(CC)c1NCc1ccc(C)c(C)c1. The Hall–Kier alpha value is -1.76. The maximum Gasteiger partial charge on any atom is 0.0407 e. The minimum atomic E-state index is 0.894. The van der Waals surface area contributed by atoms with Crippen molar-refractivity contribution in [3.8, 4) is 0 Å². The first-order valence-corrected chi connectivity index (χ1v) is 7.56. The molecule has 0 heterocycles. The van der Waals surface area contributed by atoms with Crippen LogP contribution in [0, 0.1) is 13.8 Å². The molecule has 0 fully saturated rings. The fourth-order valence-corrected chi connectivity index (χ4v) is 2.57. The summed E-state index contributed by atoms with van der Waals surface area (Å²) in [6, 6.07) is 13.3. The Morgan fingerprint density at radius 1 is 0.850 bits per heavy atom. The van der Waals surface area contributed by atoms with E-state index in [1.807, 2.05) is 0 Å². The summed E-state index contributed by atoms with van der Waals surface area (Å²) in [4.78, 5) is 0. The third-order valence-corrected chi connectivity index (χ3v) is 4.04. The monoisotopic (exact) mass is 267 g/mol. The molecule has 0 spiro atoms. The summed E-state index contributed by atoms with van der Waals surface area (Å²) in [5.74, 6) is 0. The van der Waals surface area contributed by atoms with Crippen LogP contribution in [0.4, 0.5) is 5.69 Å². The van der Waals surface area contributed by atoms with Crippen molar-refractivity contribution in [2.75, 3.05) is 5.32 Å². The lowest BCUT2D eigenvalue weighted by molar-refractivity contribution is 1.05. The maximum absolute atomic E-state index is 3.65. The van der Waals surface area contributed by atoms with Crippen molar-refractivity contribution < 1.29 is 0 Å². The van der Waals surface area contributed by atoms with E-state index < -0.39 is 0 Å². The molecule has 2 rings (SSSR count). The third-order valence-electron chi connectivity index (χ3n) is 4.04. The number of anilines is 1. The van der Waals surface area contributed by atoms with E-state index in [1.54, 1.807) is 0 Å². The van der Waals surface area contributed by atoms with Crippen LogP contribution in [-0.4, -0.2) is 0 Å². The van der Waals surface area contributed by atoms with Crippen LogP contribution in [-0.2, 0) is 19.4 Å². The van der Waals surface area contributed by atoms with Gasteiger partial charge in [-0.25, -0.2) is 0 Å². The normalized spacial score (nSPS) is 10.6. The quantitative estimate of drug-likeness (QED) is 0.800. The first-order valence-electron chi connectivity index (χ1n) is 7.56. The first-order chi connectivity index (χ1) is 9.65. The van der Waals surface area contributed by atoms with Gasteiger partial charge in [-0.3, -0.25) is 0 Å². The van der Waals surface area contributed by atoms with Gasteiger partial charge in [0.15, 0.2) is 0 Å². The summed E-state index contributed by atoms with van der Waals surface area (Å²) in [6.45, 7) is 9.67. The predicted octanol–water partition coefficient (Wildman–Crippen LogP) is 5.04. The lowest BCUT2D eigenvalue weighted by Crippen LogP contribution is -2.05. The van der Waals surface area contributed by atoms with Crippen molar-refractivity contribution in [3.63, 3.8) is 0 Å². The number of benzene rings is 2. The van der Waals surface area contributed by atoms with E-state index in [2.05, 4.69) is 69.4 Å². The Bertz CT molecular complexity index is 562. The summed E-state index contributed by atoms with van der Waals surface area (Å²) in [7, 11) is 0. The minimum absolute atomic E-state index is 0.894. The Labute approximate surface area is 123 Å². The fraction of sp³-hybridized carbons (Fsp3) is 0.368. The summed E-state index contributed by atoms with van der Waals surface area (Å²) >= 11 is 0. The van der Waals surface area contributed by atoms with E-state index >= 15 is 0 Å². The predicted molar refractivity (Wildman–Crippen MR) is 88.4 cm³/mol. The zero-order chi connectivity index (χ0) is 14.5. The standard InChI is InChI=1S/C19H25N/c1-5-17-8-7-9-18(6-2)19(17)20-13-16-11-10-14(3)15(4)12-16/h7-12,20H,5-6,13H2,1-4H3. The first kappa shape index (κ1) is 14.6. The van der Waals surface area contributed by atoms with E-state index in [4.69, 9.17) is 0 Å². The summed E-state index contributed by atoms with van der Waals surface area (Å²) in [5, 5.41) is 3.65. The van der Waals surface area contributed by atoms with Crippen molar-refractivity contribution >= 4 is 5.69 Å². The highest BCUT2D eigenvalue weighted by molar-refractivity contribution is 5.58. The zero-order valence-electron chi connectivity index (χ0n) is 13.1. The second kappa shape index (κ2) is 6.60. The largest absolute Gasteiger partial charge is 0.381 e. The highest BCUT2D eigenvalue weighted by atomic mass is 14.9. The van der Waals surface area contributed by atoms with Crippen molar-refractivity contribution in [2.45, 2.75) is 47.1 Å². The van der Waals surface area contributed by atoms with Gasteiger partial charge in [0.2, 0.25) is 0 Å². The molecule has 0 aromatic heterocycles. The fourth-order valence-electron chi connectivity index (χ4n) is 2.57. The van der Waals surface area contributed by atoms with Crippen LogP contribution in [0.2, 0.25) is 0 Å². The molecule has 20 heavy (non-hydrogen) atoms. The van der Waals surface area contributed by atoms with Gasteiger partial charge >= 0.3 is 0 Å². The smallest absolute Gasteiger partial charge is 0.0407 e. The van der Waals surface area contributed by atoms with Crippen molar-refractivity contribution in [3.05, 3.63) is 64.2 Å². The molecular weight excluding hydrogens is 242 g/mol. The molecule has 2 aromatic rings. The van der Waals surface area contributed by atoms with E-state index in [0.29, 0.717) is 0 Å². The van der Waals surface area contributed by atoms with Gasteiger partial charge in [-0.2, -0.15) is 0 Å². The van der Waals surface area contributed by atoms with Gasteiger partial charge in [-0.15, -0.1) is 0 Å². The van der Waals surface area contributed by atoms with Gasteiger partial charge in [0, 0.05) is 12.2 Å². The Kier molecular flexibility index (Phi) is 4.84. The van der Waals surface area contributed by atoms with Crippen LogP contribution in [0.5, 0.6) is 0 Å². The molecule has 106 valence electrons.